The first-order valence-corrected chi connectivity index (χ1v) is 16.4. The molecule has 1 N–H and O–H groups in total. The minimum Gasteiger partial charge on any atom is -0.497 e. The van der Waals surface area contributed by atoms with Crippen molar-refractivity contribution in [2.24, 2.45) is 0 Å². The Kier molecular flexibility index (Phi) is 10.2. The zero-order valence-electron chi connectivity index (χ0n) is 27.1. The largest absolute Gasteiger partial charge is 0.497 e. The Morgan fingerprint density at radius 2 is 1.60 bits per heavy atom. The van der Waals surface area contributed by atoms with Crippen molar-refractivity contribution in [2.75, 3.05) is 40.0 Å². The number of piperazine rings is 1. The number of methoxy groups -OCH3 is 1. The second kappa shape index (κ2) is 14.7. The van der Waals surface area contributed by atoms with Gasteiger partial charge in [-0.2, -0.15) is 4.39 Å². The van der Waals surface area contributed by atoms with Crippen molar-refractivity contribution in [3.05, 3.63) is 94.8 Å². The Hall–Kier alpha value is -4.51. The number of fused-ring (bicyclic) bond motifs is 2. The average molecular weight is 664 g/mol. The summed E-state index contributed by atoms with van der Waals surface area (Å²) < 4.78 is 57.7. The molecule has 2 atom stereocenters. The molecule has 2 fully saturated rings. The summed E-state index contributed by atoms with van der Waals surface area (Å²) in [6.07, 6.45) is 3.51. The number of hydrogen-bond donors (Lipinski definition) is 1. The van der Waals surface area contributed by atoms with Gasteiger partial charge in [-0.05, 0) is 85.2 Å². The van der Waals surface area contributed by atoms with Crippen molar-refractivity contribution in [1.29, 1.82) is 0 Å². The van der Waals surface area contributed by atoms with Crippen LogP contribution in [-0.2, 0) is 16.0 Å². The number of hydrogen-bond acceptors (Lipinski definition) is 6. The molecule has 0 aromatic heterocycles. The summed E-state index contributed by atoms with van der Waals surface area (Å²) in [6, 6.07) is 16.7. The number of benzene rings is 3. The van der Waals surface area contributed by atoms with Gasteiger partial charge in [-0.3, -0.25) is 9.59 Å². The van der Waals surface area contributed by atoms with Crippen molar-refractivity contribution >= 4 is 17.4 Å². The molecule has 2 aliphatic heterocycles. The third-order valence-corrected chi connectivity index (χ3v) is 9.15. The number of carbonyl (C=O) groups is 2. The van der Waals surface area contributed by atoms with Gasteiger partial charge < -0.3 is 29.3 Å². The number of ether oxygens (including phenoxy) is 3. The van der Waals surface area contributed by atoms with Crippen LogP contribution in [0.4, 0.5) is 13.2 Å². The minimum absolute atomic E-state index is 0.00935. The Labute approximate surface area is 278 Å². The first-order chi connectivity index (χ1) is 23.2. The molecule has 0 unspecified atom stereocenters. The summed E-state index contributed by atoms with van der Waals surface area (Å²) in [6.45, 7) is 3.35. The lowest BCUT2D eigenvalue weighted by atomic mass is 9.82. The summed E-state index contributed by atoms with van der Waals surface area (Å²) in [5, 5.41) is 3.61. The second-order valence-electron chi connectivity index (χ2n) is 12.5. The Morgan fingerprint density at radius 1 is 0.896 bits per heavy atom. The number of carbonyl (C=O) groups excluding carboxylic acids is 2. The van der Waals surface area contributed by atoms with E-state index < -0.39 is 23.2 Å². The van der Waals surface area contributed by atoms with Crippen LogP contribution in [0.2, 0.25) is 0 Å². The van der Waals surface area contributed by atoms with Crippen LogP contribution in [0, 0.1) is 17.5 Å². The molecule has 1 aliphatic carbocycles. The van der Waals surface area contributed by atoms with E-state index in [-0.39, 0.29) is 36.5 Å². The van der Waals surface area contributed by atoms with E-state index in [0.717, 1.165) is 47.4 Å². The number of nitrogens with zero attached hydrogens (tertiary/aromatic N) is 2. The molecule has 1 saturated heterocycles. The zero-order chi connectivity index (χ0) is 33.8. The highest BCUT2D eigenvalue weighted by molar-refractivity contribution is 6.03. The standard InChI is InChI=1S/C37H40F3N3O5/c1-23(44)42-21-26-20-30(25-7-5-24(6-8-25)4-3-18-48-36-32(39)16-15-31(38)35(36)40)34(33(22-42)41-26)37(45)43(27-9-10-27)17-19-47-29-13-11-28(46-2)12-14-29/h5-8,11-16,26-27,33,41H,3-4,9-10,17-22H2,1-2H3/t26-,33-/m1/s1. The molecule has 2 amide bonds. The number of amides is 2. The van der Waals surface area contributed by atoms with Crippen LogP contribution >= 0.6 is 0 Å². The van der Waals surface area contributed by atoms with Crippen molar-refractivity contribution in [2.45, 2.75) is 57.2 Å². The van der Waals surface area contributed by atoms with Gasteiger partial charge in [0, 0.05) is 37.7 Å². The third kappa shape index (κ3) is 7.62. The summed E-state index contributed by atoms with van der Waals surface area (Å²) in [4.78, 5) is 30.6. The van der Waals surface area contributed by atoms with Crippen molar-refractivity contribution in [3.63, 3.8) is 0 Å². The Morgan fingerprint density at radius 3 is 2.29 bits per heavy atom. The Balaban J connectivity index is 1.17. The molecule has 11 heteroatoms. The SMILES string of the molecule is COc1ccc(OCCN(C(=O)C2=C(c3ccc(CCCOc4c(F)ccc(F)c4F)cc3)C[C@@H]3CN(C(C)=O)C[C@H]2N3)C2CC2)cc1. The van der Waals surface area contributed by atoms with E-state index >= 15 is 0 Å². The molecule has 254 valence electrons. The van der Waals surface area contributed by atoms with E-state index in [4.69, 9.17) is 14.2 Å². The van der Waals surface area contributed by atoms with E-state index in [9.17, 15) is 22.8 Å². The van der Waals surface area contributed by atoms with E-state index in [2.05, 4.69) is 5.32 Å². The fraction of sp³-hybridized carbons (Fsp3) is 0.405. The summed E-state index contributed by atoms with van der Waals surface area (Å²) in [5.41, 5.74) is 3.60. The normalized spacial score (nSPS) is 18.8. The molecule has 0 radical (unpaired) electrons. The van der Waals surface area contributed by atoms with Crippen molar-refractivity contribution in [3.8, 4) is 17.2 Å². The van der Waals surface area contributed by atoms with E-state index in [1.807, 2.05) is 58.3 Å². The summed E-state index contributed by atoms with van der Waals surface area (Å²) in [7, 11) is 1.61. The highest BCUT2D eigenvalue weighted by Gasteiger charge is 2.42. The predicted molar refractivity (Wildman–Crippen MR) is 174 cm³/mol. The van der Waals surface area contributed by atoms with Crippen LogP contribution in [-0.4, -0.2) is 79.7 Å². The third-order valence-electron chi connectivity index (χ3n) is 9.15. The topological polar surface area (TPSA) is 80.3 Å². The van der Waals surface area contributed by atoms with Gasteiger partial charge in [0.05, 0.1) is 26.3 Å². The lowest BCUT2D eigenvalue weighted by molar-refractivity contribution is -0.132. The molecule has 1 saturated carbocycles. The number of rotatable bonds is 13. The molecular formula is C37H40F3N3O5. The fourth-order valence-corrected chi connectivity index (χ4v) is 6.51. The predicted octanol–water partition coefficient (Wildman–Crippen LogP) is 5.54. The minimum atomic E-state index is -1.33. The van der Waals surface area contributed by atoms with Gasteiger partial charge in [0.25, 0.3) is 5.91 Å². The molecule has 2 heterocycles. The fourth-order valence-electron chi connectivity index (χ4n) is 6.51. The Bertz CT molecular complexity index is 1660. The molecule has 2 bridgehead atoms. The van der Waals surface area contributed by atoms with Crippen molar-refractivity contribution in [1.82, 2.24) is 15.1 Å². The molecule has 3 aromatic carbocycles. The van der Waals surface area contributed by atoms with Crippen molar-refractivity contribution < 1.29 is 37.0 Å². The monoisotopic (exact) mass is 663 g/mol. The van der Waals surface area contributed by atoms with Crippen LogP contribution in [0.5, 0.6) is 17.2 Å². The first kappa shape index (κ1) is 33.4. The van der Waals surface area contributed by atoms with E-state index in [1.165, 1.54) is 0 Å². The summed E-state index contributed by atoms with van der Waals surface area (Å²) >= 11 is 0. The van der Waals surface area contributed by atoms with Gasteiger partial charge in [0.15, 0.2) is 17.4 Å². The first-order valence-electron chi connectivity index (χ1n) is 16.4. The van der Waals surface area contributed by atoms with E-state index in [0.29, 0.717) is 56.8 Å². The van der Waals surface area contributed by atoms with Gasteiger partial charge in [0.1, 0.15) is 18.1 Å². The van der Waals surface area contributed by atoms with Crippen LogP contribution in [0.15, 0.2) is 66.2 Å². The van der Waals surface area contributed by atoms with E-state index in [1.54, 1.807) is 14.0 Å². The molecule has 8 nitrogen and oxygen atoms in total. The number of halogens is 3. The maximum absolute atomic E-state index is 14.5. The molecule has 48 heavy (non-hydrogen) atoms. The molecule has 6 rings (SSSR count). The van der Waals surface area contributed by atoms with Crippen LogP contribution in [0.3, 0.4) is 0 Å². The highest BCUT2D eigenvalue weighted by atomic mass is 19.2. The highest BCUT2D eigenvalue weighted by Crippen LogP contribution is 2.37. The van der Waals surface area contributed by atoms with Crippen LogP contribution in [0.1, 0.15) is 43.7 Å². The molecule has 3 aromatic rings. The average Bonchev–Trinajstić information content (AvgIpc) is 3.93. The van der Waals surface area contributed by atoms with Gasteiger partial charge in [-0.15, -0.1) is 0 Å². The lowest BCUT2D eigenvalue weighted by Gasteiger charge is -2.44. The molecule has 3 aliphatic rings. The van der Waals surface area contributed by atoms with Crippen LogP contribution in [0.25, 0.3) is 5.57 Å². The molecular weight excluding hydrogens is 623 g/mol. The van der Waals surface area contributed by atoms with Crippen LogP contribution < -0.4 is 19.5 Å². The van der Waals surface area contributed by atoms with Gasteiger partial charge in [0.2, 0.25) is 11.7 Å². The maximum atomic E-state index is 14.5. The lowest BCUT2D eigenvalue weighted by Crippen LogP contribution is -2.62. The second-order valence-corrected chi connectivity index (χ2v) is 12.5. The zero-order valence-corrected chi connectivity index (χ0v) is 27.1. The summed E-state index contributed by atoms with van der Waals surface area (Å²) in [5.74, 6) is -2.75. The van der Waals surface area contributed by atoms with Gasteiger partial charge in [-0.1, -0.05) is 24.3 Å². The quantitative estimate of drug-likeness (QED) is 0.191. The smallest absolute Gasteiger partial charge is 0.252 e. The molecule has 0 spiro atoms. The number of nitrogens with one attached hydrogen (secondary N) is 1. The number of aryl methyl sites for hydroxylation is 1. The maximum Gasteiger partial charge on any atom is 0.252 e. The van der Waals surface area contributed by atoms with Gasteiger partial charge in [-0.25, -0.2) is 8.78 Å². The van der Waals surface area contributed by atoms with Gasteiger partial charge >= 0.3 is 0 Å².